The highest BCUT2D eigenvalue weighted by Crippen LogP contribution is 2.20. The Kier molecular flexibility index (Phi) is 6.25. The summed E-state index contributed by atoms with van der Waals surface area (Å²) in [6, 6.07) is 19.7. The van der Waals surface area contributed by atoms with Gasteiger partial charge < -0.3 is 4.90 Å². The molecule has 4 rings (SSSR count). The molecule has 0 N–H and O–H groups in total. The van der Waals surface area contributed by atoms with E-state index < -0.39 is 0 Å². The Morgan fingerprint density at radius 1 is 0.931 bits per heavy atom. The summed E-state index contributed by atoms with van der Waals surface area (Å²) in [5.41, 5.74) is 4.27. The summed E-state index contributed by atoms with van der Waals surface area (Å²) in [5, 5.41) is 4.78. The van der Waals surface area contributed by atoms with Crippen LogP contribution in [0.2, 0.25) is 0 Å². The fraction of sp³-hybridized carbons (Fsp3) is 0.375. The molecule has 2 aromatic carbocycles. The van der Waals surface area contributed by atoms with Crippen molar-refractivity contribution in [1.29, 1.82) is 0 Å². The van der Waals surface area contributed by atoms with Crippen LogP contribution in [-0.2, 0) is 12.8 Å². The largest absolute Gasteiger partial charge is 0.367 e. The summed E-state index contributed by atoms with van der Waals surface area (Å²) in [6.07, 6.45) is 3.06. The first-order valence-corrected chi connectivity index (χ1v) is 10.6. The van der Waals surface area contributed by atoms with Crippen LogP contribution in [0.25, 0.3) is 5.69 Å². The molecule has 152 valence electrons. The minimum Gasteiger partial charge on any atom is -0.367 e. The van der Waals surface area contributed by atoms with Crippen LogP contribution in [0, 0.1) is 5.82 Å². The summed E-state index contributed by atoms with van der Waals surface area (Å²) in [7, 11) is 0. The number of aromatic nitrogens is 2. The van der Waals surface area contributed by atoms with Gasteiger partial charge in [-0.25, -0.2) is 9.07 Å². The molecule has 1 aliphatic rings. The molecule has 0 atom stereocenters. The van der Waals surface area contributed by atoms with Gasteiger partial charge in [-0.3, -0.25) is 4.90 Å². The van der Waals surface area contributed by atoms with Crippen LogP contribution in [0.1, 0.15) is 24.7 Å². The predicted octanol–water partition coefficient (Wildman–Crippen LogP) is 4.33. The first-order chi connectivity index (χ1) is 14.2. The molecule has 29 heavy (non-hydrogen) atoms. The molecule has 0 radical (unpaired) electrons. The van der Waals surface area contributed by atoms with Gasteiger partial charge in [0.1, 0.15) is 5.82 Å². The van der Waals surface area contributed by atoms with Gasteiger partial charge in [0.15, 0.2) is 0 Å². The van der Waals surface area contributed by atoms with Crippen molar-refractivity contribution in [3.8, 4) is 5.69 Å². The lowest BCUT2D eigenvalue weighted by Gasteiger charge is -2.36. The summed E-state index contributed by atoms with van der Waals surface area (Å²) in [4.78, 5) is 4.64. The maximum Gasteiger partial charge on any atom is 0.146 e. The van der Waals surface area contributed by atoms with Crippen LogP contribution in [0.15, 0.2) is 60.7 Å². The molecule has 2 heterocycles. The zero-order chi connectivity index (χ0) is 20.1. The maximum absolute atomic E-state index is 14.0. The van der Waals surface area contributed by atoms with E-state index in [0.717, 1.165) is 69.1 Å². The minimum absolute atomic E-state index is 0.123. The Morgan fingerprint density at radius 3 is 2.38 bits per heavy atom. The predicted molar refractivity (Wildman–Crippen MR) is 116 cm³/mol. The van der Waals surface area contributed by atoms with Gasteiger partial charge in [0.05, 0.1) is 17.1 Å². The SMILES string of the molecule is CCc1cc(CCCN2CCN(c3ccccc3F)CC2)n(-c2ccccc2)n1. The van der Waals surface area contributed by atoms with E-state index in [1.165, 1.54) is 5.69 Å². The van der Waals surface area contributed by atoms with Crippen molar-refractivity contribution in [3.05, 3.63) is 77.9 Å². The fourth-order valence-corrected chi connectivity index (χ4v) is 4.02. The van der Waals surface area contributed by atoms with E-state index in [2.05, 4.69) is 51.7 Å². The van der Waals surface area contributed by atoms with Crippen molar-refractivity contribution in [2.24, 2.45) is 0 Å². The van der Waals surface area contributed by atoms with Crippen LogP contribution in [0.5, 0.6) is 0 Å². The molecular formula is C24H29FN4. The van der Waals surface area contributed by atoms with Crippen LogP contribution in [0.4, 0.5) is 10.1 Å². The molecule has 1 aliphatic heterocycles. The van der Waals surface area contributed by atoms with Gasteiger partial charge in [0.25, 0.3) is 0 Å². The summed E-state index contributed by atoms with van der Waals surface area (Å²) < 4.78 is 16.1. The molecule has 0 aliphatic carbocycles. The lowest BCUT2D eigenvalue weighted by atomic mass is 10.2. The lowest BCUT2D eigenvalue weighted by molar-refractivity contribution is 0.254. The molecule has 4 nitrogen and oxygen atoms in total. The van der Waals surface area contributed by atoms with Crippen LogP contribution in [0.3, 0.4) is 0 Å². The monoisotopic (exact) mass is 392 g/mol. The molecule has 3 aromatic rings. The highest BCUT2D eigenvalue weighted by Gasteiger charge is 2.19. The van der Waals surface area contributed by atoms with Crippen LogP contribution in [-0.4, -0.2) is 47.4 Å². The van der Waals surface area contributed by atoms with E-state index in [-0.39, 0.29) is 5.82 Å². The molecule has 0 bridgehead atoms. The number of aryl methyl sites for hydroxylation is 2. The van der Waals surface area contributed by atoms with E-state index >= 15 is 0 Å². The average molecular weight is 393 g/mol. The van der Waals surface area contributed by atoms with Gasteiger partial charge in [-0.2, -0.15) is 5.10 Å². The third-order valence-corrected chi connectivity index (χ3v) is 5.67. The maximum atomic E-state index is 14.0. The molecule has 1 saturated heterocycles. The topological polar surface area (TPSA) is 24.3 Å². The summed E-state index contributed by atoms with van der Waals surface area (Å²) >= 11 is 0. The van der Waals surface area contributed by atoms with E-state index in [4.69, 9.17) is 5.10 Å². The fourth-order valence-electron chi connectivity index (χ4n) is 4.02. The number of anilines is 1. The molecular weight excluding hydrogens is 363 g/mol. The molecule has 0 amide bonds. The lowest BCUT2D eigenvalue weighted by Crippen LogP contribution is -2.47. The number of para-hydroxylation sites is 2. The Bertz CT molecular complexity index is 914. The molecule has 5 heteroatoms. The third kappa shape index (κ3) is 4.67. The average Bonchev–Trinajstić information content (AvgIpc) is 3.19. The molecule has 0 saturated carbocycles. The Hall–Kier alpha value is -2.66. The quantitative estimate of drug-likeness (QED) is 0.598. The second-order valence-corrected chi connectivity index (χ2v) is 7.61. The number of nitrogens with zero attached hydrogens (tertiary/aromatic N) is 4. The Labute approximate surface area is 172 Å². The van der Waals surface area contributed by atoms with Crippen molar-refractivity contribution in [2.45, 2.75) is 26.2 Å². The van der Waals surface area contributed by atoms with Gasteiger partial charge in [0.2, 0.25) is 0 Å². The van der Waals surface area contributed by atoms with Crippen LogP contribution < -0.4 is 4.90 Å². The summed E-state index contributed by atoms with van der Waals surface area (Å²) in [6.45, 7) is 6.92. The highest BCUT2D eigenvalue weighted by molar-refractivity contribution is 5.48. The third-order valence-electron chi connectivity index (χ3n) is 5.67. The second-order valence-electron chi connectivity index (χ2n) is 7.61. The Balaban J connectivity index is 1.31. The number of hydrogen-bond acceptors (Lipinski definition) is 3. The first-order valence-electron chi connectivity index (χ1n) is 10.6. The van der Waals surface area contributed by atoms with Crippen molar-refractivity contribution < 1.29 is 4.39 Å². The molecule has 0 unspecified atom stereocenters. The standard InChI is InChI=1S/C24H29FN4/c1-2-20-19-22(29(26-20)21-9-4-3-5-10-21)11-8-14-27-15-17-28(18-16-27)24-13-7-6-12-23(24)25/h3-7,9-10,12-13,19H,2,8,11,14-18H2,1H3. The first kappa shape index (κ1) is 19.6. The zero-order valence-corrected chi connectivity index (χ0v) is 17.1. The van der Waals surface area contributed by atoms with Crippen molar-refractivity contribution in [3.63, 3.8) is 0 Å². The number of rotatable bonds is 7. The smallest absolute Gasteiger partial charge is 0.146 e. The zero-order valence-electron chi connectivity index (χ0n) is 17.1. The van der Waals surface area contributed by atoms with Crippen molar-refractivity contribution in [1.82, 2.24) is 14.7 Å². The normalized spacial score (nSPS) is 15.0. The van der Waals surface area contributed by atoms with Gasteiger partial charge in [0, 0.05) is 31.9 Å². The molecule has 1 aromatic heterocycles. The molecule has 1 fully saturated rings. The number of halogens is 1. The van der Waals surface area contributed by atoms with E-state index in [9.17, 15) is 4.39 Å². The highest BCUT2D eigenvalue weighted by atomic mass is 19.1. The number of benzene rings is 2. The second kappa shape index (κ2) is 9.23. The number of hydrogen-bond donors (Lipinski definition) is 0. The van der Waals surface area contributed by atoms with Gasteiger partial charge in [-0.1, -0.05) is 37.3 Å². The van der Waals surface area contributed by atoms with Gasteiger partial charge in [-0.15, -0.1) is 0 Å². The molecule has 0 spiro atoms. The van der Waals surface area contributed by atoms with Crippen molar-refractivity contribution in [2.75, 3.05) is 37.6 Å². The minimum atomic E-state index is -0.123. The van der Waals surface area contributed by atoms with E-state index in [1.54, 1.807) is 12.1 Å². The Morgan fingerprint density at radius 2 is 1.66 bits per heavy atom. The van der Waals surface area contributed by atoms with Crippen molar-refractivity contribution >= 4 is 5.69 Å². The van der Waals surface area contributed by atoms with Gasteiger partial charge in [-0.05, 0) is 56.1 Å². The van der Waals surface area contributed by atoms with E-state index in [0.29, 0.717) is 0 Å². The number of piperazine rings is 1. The van der Waals surface area contributed by atoms with Gasteiger partial charge >= 0.3 is 0 Å². The van der Waals surface area contributed by atoms with E-state index in [1.807, 2.05) is 18.2 Å². The van der Waals surface area contributed by atoms with Crippen LogP contribution >= 0.6 is 0 Å². The summed E-state index contributed by atoms with van der Waals surface area (Å²) in [5.74, 6) is -0.123.